The first-order valence-electron chi connectivity index (χ1n) is 9.49. The van der Waals surface area contributed by atoms with Crippen molar-refractivity contribution in [2.45, 2.75) is 38.3 Å². The summed E-state index contributed by atoms with van der Waals surface area (Å²) in [5.41, 5.74) is 1.01. The van der Waals surface area contributed by atoms with Crippen LogP contribution < -0.4 is 5.56 Å². The van der Waals surface area contributed by atoms with E-state index in [1.807, 2.05) is 24.3 Å². The van der Waals surface area contributed by atoms with E-state index in [2.05, 4.69) is 4.90 Å². The average molecular weight is 357 g/mol. The van der Waals surface area contributed by atoms with Crippen molar-refractivity contribution in [3.63, 3.8) is 0 Å². The van der Waals surface area contributed by atoms with Crippen LogP contribution in [0.15, 0.2) is 29.1 Å². The second-order valence-corrected chi connectivity index (χ2v) is 7.80. The van der Waals surface area contributed by atoms with E-state index in [4.69, 9.17) is 9.72 Å². The highest BCUT2D eigenvalue weighted by Gasteiger charge is 2.40. The molecule has 6 heteroatoms. The lowest BCUT2D eigenvalue weighted by Gasteiger charge is -2.48. The Balaban J connectivity index is 1.64. The third-order valence-corrected chi connectivity index (χ3v) is 6.25. The number of hydrogen-bond acceptors (Lipinski definition) is 5. The molecule has 2 saturated heterocycles. The topological polar surface area (TPSA) is 67.6 Å². The van der Waals surface area contributed by atoms with Gasteiger partial charge in [-0.05, 0) is 43.2 Å². The molecule has 6 nitrogen and oxygen atoms in total. The quantitative estimate of drug-likeness (QED) is 0.905. The van der Waals surface area contributed by atoms with Gasteiger partial charge in [0.2, 0.25) is 0 Å². The maximum atomic E-state index is 12.7. The van der Waals surface area contributed by atoms with Gasteiger partial charge in [-0.3, -0.25) is 14.3 Å². The molecule has 0 aliphatic carbocycles. The fourth-order valence-electron chi connectivity index (χ4n) is 4.49. The zero-order valence-electron chi connectivity index (χ0n) is 15.4. The van der Waals surface area contributed by atoms with Gasteiger partial charge in [0.15, 0.2) is 0 Å². The third kappa shape index (κ3) is 3.17. The van der Waals surface area contributed by atoms with E-state index < -0.39 is 0 Å². The molecule has 26 heavy (non-hydrogen) atoms. The Morgan fingerprint density at radius 2 is 2.04 bits per heavy atom. The van der Waals surface area contributed by atoms with Crippen LogP contribution in [0.1, 0.15) is 31.5 Å². The molecule has 0 bridgehead atoms. The molecule has 140 valence electrons. The first kappa shape index (κ1) is 17.6. The molecule has 1 N–H and O–H groups in total. The van der Waals surface area contributed by atoms with Crippen molar-refractivity contribution in [2.75, 3.05) is 26.4 Å². The van der Waals surface area contributed by atoms with Crippen LogP contribution in [-0.4, -0.2) is 52.0 Å². The van der Waals surface area contributed by atoms with Crippen LogP contribution in [0.4, 0.5) is 0 Å². The van der Waals surface area contributed by atoms with Gasteiger partial charge >= 0.3 is 0 Å². The highest BCUT2D eigenvalue weighted by molar-refractivity contribution is 5.77. The fourth-order valence-corrected chi connectivity index (χ4v) is 4.49. The highest BCUT2D eigenvalue weighted by atomic mass is 16.5. The van der Waals surface area contributed by atoms with Gasteiger partial charge in [-0.25, -0.2) is 4.98 Å². The molecule has 2 aliphatic heterocycles. The van der Waals surface area contributed by atoms with Crippen LogP contribution in [0.25, 0.3) is 10.9 Å². The Morgan fingerprint density at radius 3 is 2.81 bits per heavy atom. The number of aliphatic hydroxyl groups excluding tert-OH is 1. The predicted molar refractivity (Wildman–Crippen MR) is 100.0 cm³/mol. The summed E-state index contributed by atoms with van der Waals surface area (Å²) >= 11 is 0. The van der Waals surface area contributed by atoms with Crippen molar-refractivity contribution in [2.24, 2.45) is 12.5 Å². The molecule has 1 aromatic heterocycles. The third-order valence-electron chi connectivity index (χ3n) is 6.25. The molecule has 3 heterocycles. The van der Waals surface area contributed by atoms with Crippen molar-refractivity contribution < 1.29 is 9.84 Å². The van der Waals surface area contributed by atoms with Gasteiger partial charge in [-0.1, -0.05) is 12.1 Å². The first-order valence-corrected chi connectivity index (χ1v) is 9.49. The van der Waals surface area contributed by atoms with Crippen molar-refractivity contribution in [3.8, 4) is 0 Å². The summed E-state index contributed by atoms with van der Waals surface area (Å²) in [7, 11) is 1.79. The SMILES string of the molecule is Cn1c(CN2CC3(CCOCC3)CCC2CO)nc2ccccc2c1=O. The molecular formula is C20H27N3O3. The van der Waals surface area contributed by atoms with Crippen LogP contribution in [0.5, 0.6) is 0 Å². The van der Waals surface area contributed by atoms with Crippen LogP contribution >= 0.6 is 0 Å². The number of rotatable bonds is 3. The van der Waals surface area contributed by atoms with Gasteiger partial charge < -0.3 is 9.84 Å². The lowest BCUT2D eigenvalue weighted by molar-refractivity contribution is -0.0559. The van der Waals surface area contributed by atoms with Gasteiger partial charge in [0, 0.05) is 32.8 Å². The molecule has 1 aromatic carbocycles. The van der Waals surface area contributed by atoms with Crippen LogP contribution in [0, 0.1) is 5.41 Å². The number of nitrogens with zero attached hydrogens (tertiary/aromatic N) is 3. The van der Waals surface area contributed by atoms with E-state index >= 15 is 0 Å². The van der Waals surface area contributed by atoms with E-state index in [0.29, 0.717) is 11.9 Å². The molecule has 0 radical (unpaired) electrons. The van der Waals surface area contributed by atoms with Gasteiger partial charge in [0.25, 0.3) is 5.56 Å². The van der Waals surface area contributed by atoms with E-state index in [-0.39, 0.29) is 23.6 Å². The Labute approximate surface area is 153 Å². The van der Waals surface area contributed by atoms with Crippen molar-refractivity contribution in [3.05, 3.63) is 40.4 Å². The number of aromatic nitrogens is 2. The second kappa shape index (κ2) is 7.10. The smallest absolute Gasteiger partial charge is 0.261 e. The molecule has 1 unspecified atom stereocenters. The van der Waals surface area contributed by atoms with Gasteiger partial charge in [-0.15, -0.1) is 0 Å². The normalized spacial score (nSPS) is 23.5. The van der Waals surface area contributed by atoms with E-state index in [9.17, 15) is 9.90 Å². The molecule has 2 aromatic rings. The lowest BCUT2D eigenvalue weighted by Crippen LogP contribution is -2.52. The van der Waals surface area contributed by atoms with Crippen LogP contribution in [-0.2, 0) is 18.3 Å². The molecule has 0 saturated carbocycles. The average Bonchev–Trinajstić information content (AvgIpc) is 2.67. The lowest BCUT2D eigenvalue weighted by atomic mass is 9.72. The summed E-state index contributed by atoms with van der Waals surface area (Å²) in [6.07, 6.45) is 4.28. The zero-order valence-corrected chi connectivity index (χ0v) is 15.4. The van der Waals surface area contributed by atoms with Crippen LogP contribution in [0.2, 0.25) is 0 Å². The Hall–Kier alpha value is -1.76. The maximum Gasteiger partial charge on any atom is 0.261 e. The number of ether oxygens (including phenoxy) is 1. The molecule has 1 atom stereocenters. The predicted octanol–water partition coefficient (Wildman–Crippen LogP) is 1.69. The Bertz CT molecular complexity index is 842. The monoisotopic (exact) mass is 357 g/mol. The minimum absolute atomic E-state index is 0.0102. The van der Waals surface area contributed by atoms with Crippen molar-refractivity contribution in [1.29, 1.82) is 0 Å². The summed E-state index contributed by atoms with van der Waals surface area (Å²) < 4.78 is 7.22. The summed E-state index contributed by atoms with van der Waals surface area (Å²) in [5, 5.41) is 10.5. The molecule has 4 rings (SSSR count). The number of hydrogen-bond donors (Lipinski definition) is 1. The number of likely N-dealkylation sites (tertiary alicyclic amines) is 1. The Kier molecular flexibility index (Phi) is 4.82. The van der Waals surface area contributed by atoms with E-state index in [0.717, 1.165) is 56.8 Å². The van der Waals surface area contributed by atoms with Crippen LogP contribution in [0.3, 0.4) is 0 Å². The molecular weight excluding hydrogens is 330 g/mol. The van der Waals surface area contributed by atoms with Crippen molar-refractivity contribution in [1.82, 2.24) is 14.5 Å². The number of aliphatic hydroxyl groups is 1. The first-order chi connectivity index (χ1) is 12.6. The van der Waals surface area contributed by atoms with Gasteiger partial charge in [-0.2, -0.15) is 0 Å². The van der Waals surface area contributed by atoms with Crippen molar-refractivity contribution >= 4 is 10.9 Å². The molecule has 1 spiro atoms. The number of benzene rings is 1. The second-order valence-electron chi connectivity index (χ2n) is 7.80. The number of piperidine rings is 1. The molecule has 2 aliphatic rings. The van der Waals surface area contributed by atoms with Gasteiger partial charge in [0.05, 0.1) is 24.1 Å². The minimum Gasteiger partial charge on any atom is -0.395 e. The number of para-hydroxylation sites is 1. The summed E-state index contributed by atoms with van der Waals surface area (Å²) in [5.74, 6) is 0.760. The fraction of sp³-hybridized carbons (Fsp3) is 0.600. The largest absolute Gasteiger partial charge is 0.395 e. The maximum absolute atomic E-state index is 12.7. The zero-order chi connectivity index (χ0) is 18.1. The summed E-state index contributed by atoms with van der Waals surface area (Å²) in [6, 6.07) is 7.62. The van der Waals surface area contributed by atoms with E-state index in [1.54, 1.807) is 11.6 Å². The molecule has 2 fully saturated rings. The highest BCUT2D eigenvalue weighted by Crippen LogP contribution is 2.41. The van der Waals surface area contributed by atoms with E-state index in [1.165, 1.54) is 0 Å². The summed E-state index contributed by atoms with van der Waals surface area (Å²) in [4.78, 5) is 19.7. The van der Waals surface area contributed by atoms with Gasteiger partial charge in [0.1, 0.15) is 5.82 Å². The Morgan fingerprint density at radius 1 is 1.27 bits per heavy atom. The summed E-state index contributed by atoms with van der Waals surface area (Å²) in [6.45, 7) is 3.32. The number of fused-ring (bicyclic) bond motifs is 1. The minimum atomic E-state index is -0.0102. The molecule has 0 amide bonds. The standard InChI is InChI=1S/C20H27N3O3/c1-22-18(21-17-5-3-2-4-16(17)19(22)25)12-23-14-20(7-6-15(23)13-24)8-10-26-11-9-20/h2-5,15,24H,6-14H2,1H3.